The summed E-state index contributed by atoms with van der Waals surface area (Å²) in [6, 6.07) is 10.7. The van der Waals surface area contributed by atoms with Gasteiger partial charge in [-0.15, -0.1) is 11.3 Å². The van der Waals surface area contributed by atoms with E-state index < -0.39 is 0 Å². The number of carbonyl (C=O) groups is 2. The summed E-state index contributed by atoms with van der Waals surface area (Å²) in [4.78, 5) is 32.6. The summed E-state index contributed by atoms with van der Waals surface area (Å²) >= 11 is 1.77. The van der Waals surface area contributed by atoms with E-state index >= 15 is 0 Å². The molecule has 5 nitrogen and oxygen atoms in total. The molecule has 2 heterocycles. The van der Waals surface area contributed by atoms with Gasteiger partial charge in [-0.05, 0) is 48.8 Å². The molecule has 1 aliphatic carbocycles. The molecule has 1 fully saturated rings. The number of benzene rings is 1. The second kappa shape index (κ2) is 7.59. The number of hydrogen-bond acceptors (Lipinski definition) is 3. The van der Waals surface area contributed by atoms with E-state index in [0.29, 0.717) is 6.54 Å². The van der Waals surface area contributed by atoms with Crippen molar-refractivity contribution in [3.63, 3.8) is 0 Å². The molecule has 148 valence electrons. The Balaban J connectivity index is 1.62. The minimum Gasteiger partial charge on any atom is -0.331 e. The topological polar surface area (TPSA) is 43.9 Å². The van der Waals surface area contributed by atoms with Crippen molar-refractivity contribution in [2.24, 2.45) is 0 Å². The Morgan fingerprint density at radius 1 is 1.14 bits per heavy atom. The van der Waals surface area contributed by atoms with Crippen LogP contribution in [0.5, 0.6) is 0 Å². The third-order valence-corrected chi connectivity index (χ3v) is 6.60. The number of hydrogen-bond donors (Lipinski definition) is 0. The van der Waals surface area contributed by atoms with Crippen LogP contribution in [-0.2, 0) is 11.2 Å². The first kappa shape index (κ1) is 19.0. The molecule has 2 aromatic rings. The standard InChI is InChI=1S/C22H27N3O2S/c1-15-4-6-16(7-5-15)21-18-11-13-28-19(18)10-12-24(21)20(26)14-25(17-8-9-17)22(27)23(2)3/h4-7,11,13,17,21H,8-10,12,14H2,1-3H3. The highest BCUT2D eigenvalue weighted by molar-refractivity contribution is 7.10. The Morgan fingerprint density at radius 2 is 1.86 bits per heavy atom. The third kappa shape index (κ3) is 3.65. The molecular weight excluding hydrogens is 370 g/mol. The van der Waals surface area contributed by atoms with Gasteiger partial charge in [0.1, 0.15) is 6.54 Å². The molecule has 0 N–H and O–H groups in total. The lowest BCUT2D eigenvalue weighted by Gasteiger charge is -2.38. The number of rotatable bonds is 4. The van der Waals surface area contributed by atoms with E-state index in [-0.39, 0.29) is 30.6 Å². The number of urea groups is 1. The number of nitrogens with zero attached hydrogens (tertiary/aromatic N) is 3. The molecule has 0 saturated heterocycles. The Bertz CT molecular complexity index is 870. The van der Waals surface area contributed by atoms with Crippen LogP contribution in [0, 0.1) is 6.92 Å². The SMILES string of the molecule is Cc1ccc(C2c3ccsc3CCN2C(=O)CN(C(=O)N(C)C)C2CC2)cc1. The minimum atomic E-state index is -0.0732. The molecule has 28 heavy (non-hydrogen) atoms. The first-order chi connectivity index (χ1) is 13.5. The molecule has 1 unspecified atom stereocenters. The predicted molar refractivity (Wildman–Crippen MR) is 112 cm³/mol. The lowest BCUT2D eigenvalue weighted by Crippen LogP contribution is -2.49. The molecule has 3 amide bonds. The van der Waals surface area contributed by atoms with Crippen LogP contribution in [0.3, 0.4) is 0 Å². The predicted octanol–water partition coefficient (Wildman–Crippen LogP) is 3.68. The molecule has 1 aromatic carbocycles. The normalized spacial score (nSPS) is 18.5. The van der Waals surface area contributed by atoms with E-state index in [1.807, 2.05) is 4.90 Å². The summed E-state index contributed by atoms with van der Waals surface area (Å²) in [5.74, 6) is 0.0320. The van der Waals surface area contributed by atoms with Gasteiger partial charge in [0.05, 0.1) is 6.04 Å². The molecule has 6 heteroatoms. The number of fused-ring (bicyclic) bond motifs is 1. The molecule has 4 rings (SSSR count). The van der Waals surface area contributed by atoms with E-state index in [1.54, 1.807) is 35.2 Å². The zero-order valence-electron chi connectivity index (χ0n) is 16.7. The van der Waals surface area contributed by atoms with Gasteiger partial charge in [0.25, 0.3) is 0 Å². The quantitative estimate of drug-likeness (QED) is 0.790. The van der Waals surface area contributed by atoms with Crippen LogP contribution in [0.4, 0.5) is 4.79 Å². The van der Waals surface area contributed by atoms with Crippen molar-refractivity contribution >= 4 is 23.3 Å². The summed E-state index contributed by atoms with van der Waals surface area (Å²) in [5, 5.41) is 2.12. The van der Waals surface area contributed by atoms with Gasteiger partial charge in [-0.1, -0.05) is 29.8 Å². The van der Waals surface area contributed by atoms with Crippen LogP contribution in [0.1, 0.15) is 40.5 Å². The molecule has 1 aliphatic heterocycles. The van der Waals surface area contributed by atoms with Gasteiger partial charge in [0, 0.05) is 31.6 Å². The highest BCUT2D eigenvalue weighted by Gasteiger charge is 2.38. The van der Waals surface area contributed by atoms with Crippen molar-refractivity contribution in [1.82, 2.24) is 14.7 Å². The van der Waals surface area contributed by atoms with Gasteiger partial charge in [-0.2, -0.15) is 0 Å². The summed E-state index contributed by atoms with van der Waals surface area (Å²) in [6.45, 7) is 2.92. The molecule has 0 radical (unpaired) electrons. The Labute approximate surface area is 170 Å². The van der Waals surface area contributed by atoms with E-state index in [1.165, 1.54) is 16.0 Å². The molecule has 0 spiro atoms. The highest BCUT2D eigenvalue weighted by atomic mass is 32.1. The van der Waals surface area contributed by atoms with E-state index in [9.17, 15) is 9.59 Å². The fraction of sp³-hybridized carbons (Fsp3) is 0.455. The first-order valence-corrected chi connectivity index (χ1v) is 10.7. The van der Waals surface area contributed by atoms with Crippen molar-refractivity contribution in [3.8, 4) is 0 Å². The molecular formula is C22H27N3O2S. The number of amides is 3. The fourth-order valence-electron chi connectivity index (χ4n) is 3.93. The Morgan fingerprint density at radius 3 is 2.50 bits per heavy atom. The maximum Gasteiger partial charge on any atom is 0.320 e. The average Bonchev–Trinajstić information content (AvgIpc) is 3.41. The van der Waals surface area contributed by atoms with Crippen LogP contribution in [0.15, 0.2) is 35.7 Å². The summed E-state index contributed by atoms with van der Waals surface area (Å²) in [5.41, 5.74) is 3.57. The molecule has 0 bridgehead atoms. The minimum absolute atomic E-state index is 0.0320. The highest BCUT2D eigenvalue weighted by Crippen LogP contribution is 2.38. The van der Waals surface area contributed by atoms with Gasteiger partial charge in [-0.3, -0.25) is 4.79 Å². The molecule has 1 atom stereocenters. The van der Waals surface area contributed by atoms with Crippen molar-refractivity contribution in [3.05, 3.63) is 57.3 Å². The summed E-state index contributed by atoms with van der Waals surface area (Å²) in [7, 11) is 3.49. The van der Waals surface area contributed by atoms with Crippen molar-refractivity contribution < 1.29 is 9.59 Å². The zero-order valence-corrected chi connectivity index (χ0v) is 17.5. The van der Waals surface area contributed by atoms with Gasteiger partial charge >= 0.3 is 6.03 Å². The van der Waals surface area contributed by atoms with Crippen LogP contribution in [0.25, 0.3) is 0 Å². The average molecular weight is 398 g/mol. The molecule has 1 saturated carbocycles. The number of aryl methyl sites for hydroxylation is 1. The number of thiophene rings is 1. The molecule has 1 aromatic heterocycles. The maximum atomic E-state index is 13.4. The second-order valence-electron chi connectivity index (χ2n) is 7.99. The summed E-state index contributed by atoms with van der Waals surface area (Å²) in [6.07, 6.45) is 2.86. The van der Waals surface area contributed by atoms with E-state index in [0.717, 1.165) is 24.8 Å². The largest absolute Gasteiger partial charge is 0.331 e. The lowest BCUT2D eigenvalue weighted by molar-refractivity contribution is -0.134. The van der Waals surface area contributed by atoms with Gasteiger partial charge < -0.3 is 14.7 Å². The maximum absolute atomic E-state index is 13.4. The van der Waals surface area contributed by atoms with E-state index in [4.69, 9.17) is 0 Å². The van der Waals surface area contributed by atoms with Crippen LogP contribution < -0.4 is 0 Å². The lowest BCUT2D eigenvalue weighted by atomic mass is 9.92. The van der Waals surface area contributed by atoms with Crippen LogP contribution in [-0.4, -0.2) is 59.9 Å². The molecule has 2 aliphatic rings. The van der Waals surface area contributed by atoms with Gasteiger partial charge in [0.2, 0.25) is 5.91 Å². The Kier molecular flexibility index (Phi) is 5.15. The smallest absolute Gasteiger partial charge is 0.320 e. The van der Waals surface area contributed by atoms with E-state index in [2.05, 4.69) is 42.6 Å². The summed E-state index contributed by atoms with van der Waals surface area (Å²) < 4.78 is 0. The van der Waals surface area contributed by atoms with Crippen LogP contribution >= 0.6 is 11.3 Å². The number of carbonyl (C=O) groups excluding carboxylic acids is 2. The van der Waals surface area contributed by atoms with Crippen molar-refractivity contribution in [1.29, 1.82) is 0 Å². The van der Waals surface area contributed by atoms with Crippen molar-refractivity contribution in [2.45, 2.75) is 38.3 Å². The van der Waals surface area contributed by atoms with Gasteiger partial charge in [0.15, 0.2) is 0 Å². The van der Waals surface area contributed by atoms with Gasteiger partial charge in [-0.25, -0.2) is 4.79 Å². The monoisotopic (exact) mass is 397 g/mol. The second-order valence-corrected chi connectivity index (χ2v) is 8.99. The zero-order chi connectivity index (χ0) is 19.8. The van der Waals surface area contributed by atoms with Crippen molar-refractivity contribution in [2.75, 3.05) is 27.2 Å². The Hall–Kier alpha value is -2.34. The third-order valence-electron chi connectivity index (χ3n) is 5.60. The first-order valence-electron chi connectivity index (χ1n) is 9.86. The van der Waals surface area contributed by atoms with Crippen LogP contribution in [0.2, 0.25) is 0 Å². The fourth-order valence-corrected chi connectivity index (χ4v) is 4.83.